The highest BCUT2D eigenvalue weighted by molar-refractivity contribution is 5.06. The molecule has 2 saturated heterocycles. The van der Waals surface area contributed by atoms with Crippen LogP contribution >= 0.6 is 0 Å². The third-order valence-electron chi connectivity index (χ3n) is 4.99. The predicted molar refractivity (Wildman–Crippen MR) is 62.9 cm³/mol. The van der Waals surface area contributed by atoms with Crippen LogP contribution in [0.3, 0.4) is 0 Å². The highest BCUT2D eigenvalue weighted by atomic mass is 15.3. The second kappa shape index (κ2) is 3.74. The van der Waals surface area contributed by atoms with Crippen molar-refractivity contribution < 1.29 is 0 Å². The van der Waals surface area contributed by atoms with E-state index in [1.54, 1.807) is 0 Å². The fourth-order valence-corrected chi connectivity index (χ4v) is 4.03. The number of fused-ring (bicyclic) bond motifs is 2. The Morgan fingerprint density at radius 1 is 1.13 bits per heavy atom. The molecule has 0 aromatic heterocycles. The lowest BCUT2D eigenvalue weighted by atomic mass is 9.97. The number of nitrogens with zero attached hydrogens (tertiary/aromatic N) is 1. The van der Waals surface area contributed by atoms with E-state index in [2.05, 4.69) is 24.2 Å². The van der Waals surface area contributed by atoms with E-state index in [-0.39, 0.29) is 0 Å². The van der Waals surface area contributed by atoms with E-state index in [9.17, 15) is 0 Å². The van der Waals surface area contributed by atoms with E-state index >= 15 is 0 Å². The van der Waals surface area contributed by atoms with Crippen LogP contribution in [0.15, 0.2) is 0 Å². The van der Waals surface area contributed by atoms with Gasteiger partial charge in [-0.25, -0.2) is 0 Å². The third-order valence-corrected chi connectivity index (χ3v) is 4.99. The molecule has 0 aromatic rings. The van der Waals surface area contributed by atoms with Crippen LogP contribution in [-0.4, -0.2) is 36.1 Å². The topological polar surface area (TPSA) is 15.3 Å². The Morgan fingerprint density at radius 3 is 2.27 bits per heavy atom. The molecule has 86 valence electrons. The predicted octanol–water partition coefficient (Wildman–Crippen LogP) is 2.00. The molecule has 2 bridgehead atoms. The highest BCUT2D eigenvalue weighted by Gasteiger charge is 2.50. The molecular weight excluding hydrogens is 184 g/mol. The summed E-state index contributed by atoms with van der Waals surface area (Å²) >= 11 is 0. The molecule has 3 rings (SSSR count). The number of rotatable bonds is 3. The summed E-state index contributed by atoms with van der Waals surface area (Å²) < 4.78 is 0. The van der Waals surface area contributed by atoms with Gasteiger partial charge in [0.05, 0.1) is 0 Å². The van der Waals surface area contributed by atoms with Crippen molar-refractivity contribution in [3.05, 3.63) is 0 Å². The van der Waals surface area contributed by atoms with Crippen LogP contribution in [-0.2, 0) is 0 Å². The maximum Gasteiger partial charge on any atom is 0.0133 e. The first kappa shape index (κ1) is 10.1. The summed E-state index contributed by atoms with van der Waals surface area (Å²) in [5.74, 6) is 1.04. The quantitative estimate of drug-likeness (QED) is 0.763. The fraction of sp³-hybridized carbons (Fsp3) is 1.00. The van der Waals surface area contributed by atoms with Crippen molar-refractivity contribution in [2.24, 2.45) is 5.92 Å². The Balaban J connectivity index is 1.67. The molecule has 2 heterocycles. The second-order valence-corrected chi connectivity index (χ2v) is 5.76. The van der Waals surface area contributed by atoms with Crippen molar-refractivity contribution in [3.63, 3.8) is 0 Å². The van der Waals surface area contributed by atoms with Crippen molar-refractivity contribution in [3.8, 4) is 0 Å². The lowest BCUT2D eigenvalue weighted by Crippen LogP contribution is -2.49. The molecule has 2 nitrogen and oxygen atoms in total. The molecule has 1 N–H and O–H groups in total. The van der Waals surface area contributed by atoms with Gasteiger partial charge in [-0.1, -0.05) is 13.3 Å². The van der Waals surface area contributed by atoms with Gasteiger partial charge in [-0.15, -0.1) is 0 Å². The van der Waals surface area contributed by atoms with Crippen LogP contribution in [0.2, 0.25) is 0 Å². The Morgan fingerprint density at radius 2 is 1.80 bits per heavy atom. The van der Waals surface area contributed by atoms with Gasteiger partial charge in [0.15, 0.2) is 0 Å². The Bertz CT molecular complexity index is 227. The van der Waals surface area contributed by atoms with Gasteiger partial charge in [-0.3, -0.25) is 4.90 Å². The molecule has 0 radical (unpaired) electrons. The highest BCUT2D eigenvalue weighted by Crippen LogP contribution is 2.47. The number of hydrogen-bond donors (Lipinski definition) is 1. The zero-order valence-electron chi connectivity index (χ0n) is 10.1. The lowest BCUT2D eigenvalue weighted by Gasteiger charge is -2.39. The van der Waals surface area contributed by atoms with Crippen LogP contribution < -0.4 is 5.32 Å². The molecular formula is C13H24N2. The summed E-state index contributed by atoms with van der Waals surface area (Å²) in [7, 11) is 2.13. The van der Waals surface area contributed by atoms with E-state index in [1.165, 1.54) is 38.5 Å². The average Bonchev–Trinajstić information content (AvgIpc) is 3.00. The summed E-state index contributed by atoms with van der Waals surface area (Å²) in [4.78, 5) is 2.90. The van der Waals surface area contributed by atoms with Crippen LogP contribution in [0.4, 0.5) is 0 Å². The van der Waals surface area contributed by atoms with Crippen molar-refractivity contribution in [1.29, 1.82) is 0 Å². The maximum absolute atomic E-state index is 3.48. The zero-order chi connectivity index (χ0) is 10.4. The summed E-state index contributed by atoms with van der Waals surface area (Å²) in [6.45, 7) is 2.35. The van der Waals surface area contributed by atoms with Crippen molar-refractivity contribution >= 4 is 0 Å². The Labute approximate surface area is 93.4 Å². The monoisotopic (exact) mass is 208 g/mol. The van der Waals surface area contributed by atoms with Gasteiger partial charge in [0, 0.05) is 24.2 Å². The van der Waals surface area contributed by atoms with E-state index in [1.807, 2.05) is 0 Å². The van der Waals surface area contributed by atoms with E-state index in [4.69, 9.17) is 0 Å². The van der Waals surface area contributed by atoms with Gasteiger partial charge >= 0.3 is 0 Å². The lowest BCUT2D eigenvalue weighted by molar-refractivity contribution is 0.104. The molecule has 0 aromatic carbocycles. The molecule has 4 unspecified atom stereocenters. The smallest absolute Gasteiger partial charge is 0.0133 e. The van der Waals surface area contributed by atoms with Crippen molar-refractivity contribution in [2.75, 3.05) is 7.05 Å². The molecule has 0 amide bonds. The second-order valence-electron chi connectivity index (χ2n) is 5.76. The minimum absolute atomic E-state index is 0.803. The molecule has 3 aliphatic rings. The summed E-state index contributed by atoms with van der Waals surface area (Å²) in [6, 6.07) is 3.62. The SMILES string of the molecule is CCC1CC1N1C2CCC1CC(NC)C2. The molecule has 3 fully saturated rings. The average molecular weight is 208 g/mol. The van der Waals surface area contributed by atoms with Crippen LogP contribution in [0.1, 0.15) is 45.4 Å². The molecule has 1 saturated carbocycles. The first-order valence-corrected chi connectivity index (χ1v) is 6.78. The molecule has 1 aliphatic carbocycles. The fourth-order valence-electron chi connectivity index (χ4n) is 4.03. The van der Waals surface area contributed by atoms with Gasteiger partial charge in [0.2, 0.25) is 0 Å². The van der Waals surface area contributed by atoms with E-state index in [0.717, 1.165) is 30.1 Å². The van der Waals surface area contributed by atoms with Gasteiger partial charge in [0.25, 0.3) is 0 Å². The van der Waals surface area contributed by atoms with Gasteiger partial charge < -0.3 is 5.32 Å². The zero-order valence-corrected chi connectivity index (χ0v) is 10.1. The van der Waals surface area contributed by atoms with Crippen molar-refractivity contribution in [2.45, 2.75) is 69.6 Å². The van der Waals surface area contributed by atoms with Crippen LogP contribution in [0.25, 0.3) is 0 Å². The largest absolute Gasteiger partial charge is 0.317 e. The summed E-state index contributed by atoms with van der Waals surface area (Å²) in [5, 5.41) is 3.48. The summed E-state index contributed by atoms with van der Waals surface area (Å²) in [5.41, 5.74) is 0. The number of nitrogens with one attached hydrogen (secondary N) is 1. The van der Waals surface area contributed by atoms with Gasteiger partial charge in [-0.05, 0) is 45.1 Å². The van der Waals surface area contributed by atoms with Crippen LogP contribution in [0, 0.1) is 5.92 Å². The Kier molecular flexibility index (Phi) is 2.52. The normalized spacial score (nSPS) is 49.6. The number of hydrogen-bond acceptors (Lipinski definition) is 2. The molecule has 15 heavy (non-hydrogen) atoms. The minimum Gasteiger partial charge on any atom is -0.317 e. The third kappa shape index (κ3) is 1.62. The number of piperidine rings is 1. The first-order chi connectivity index (χ1) is 7.33. The maximum atomic E-state index is 3.48. The summed E-state index contributed by atoms with van der Waals surface area (Å²) in [6.07, 6.45) is 8.63. The van der Waals surface area contributed by atoms with E-state index < -0.39 is 0 Å². The minimum atomic E-state index is 0.803. The molecule has 2 heteroatoms. The van der Waals surface area contributed by atoms with E-state index in [0.29, 0.717) is 0 Å². The standard InChI is InChI=1S/C13H24N2/c1-3-9-6-13(9)15-11-4-5-12(15)8-10(7-11)14-2/h9-14H,3-8H2,1-2H3. The van der Waals surface area contributed by atoms with Gasteiger partial charge in [0.1, 0.15) is 0 Å². The molecule has 2 aliphatic heterocycles. The molecule has 0 spiro atoms. The van der Waals surface area contributed by atoms with Crippen molar-refractivity contribution in [1.82, 2.24) is 10.2 Å². The molecule has 4 atom stereocenters. The van der Waals surface area contributed by atoms with Crippen LogP contribution in [0.5, 0.6) is 0 Å². The Hall–Kier alpha value is -0.0800. The van der Waals surface area contributed by atoms with Gasteiger partial charge in [-0.2, -0.15) is 0 Å². The first-order valence-electron chi connectivity index (χ1n) is 6.78.